The van der Waals surface area contributed by atoms with Gasteiger partial charge in [0.2, 0.25) is 0 Å². The summed E-state index contributed by atoms with van der Waals surface area (Å²) in [5.74, 6) is 3.54. The van der Waals surface area contributed by atoms with Crippen molar-refractivity contribution in [2.75, 3.05) is 16.3 Å². The van der Waals surface area contributed by atoms with Crippen molar-refractivity contribution in [3.8, 4) is 51.1 Å². The Hall–Kier alpha value is -6.62. The third-order valence-corrected chi connectivity index (χ3v) is 11.7. The minimum absolute atomic E-state index is 0. The minimum atomic E-state index is -0.0226. The van der Waals surface area contributed by atoms with E-state index < -0.39 is 0 Å². The summed E-state index contributed by atoms with van der Waals surface area (Å²) in [6.45, 7) is 9.61. The molecule has 7 aromatic carbocycles. The van der Waals surface area contributed by atoms with E-state index in [-0.39, 0.29) is 26.5 Å². The van der Waals surface area contributed by atoms with E-state index in [9.17, 15) is 0 Å². The molecular formula is C54H41N4O2Pt-3. The number of pyridine rings is 1. The molecule has 0 amide bonds. The predicted molar refractivity (Wildman–Crippen MR) is 243 cm³/mol. The van der Waals surface area contributed by atoms with E-state index in [0.29, 0.717) is 11.5 Å². The van der Waals surface area contributed by atoms with Gasteiger partial charge >= 0.3 is 0 Å². The number of ether oxygens (including phenoxy) is 2. The van der Waals surface area contributed by atoms with Crippen LogP contribution in [0.1, 0.15) is 31.9 Å². The zero-order valence-electron chi connectivity index (χ0n) is 34.0. The molecule has 0 fully saturated rings. The van der Waals surface area contributed by atoms with Gasteiger partial charge in [-0.25, -0.2) is 4.98 Å². The molecule has 6 nitrogen and oxygen atoms in total. The maximum atomic E-state index is 6.60. The fraction of sp³-hybridized carbons (Fsp3) is 0.111. The van der Waals surface area contributed by atoms with Crippen molar-refractivity contribution in [2.24, 2.45) is 0 Å². The monoisotopic (exact) mass is 972 g/mol. The summed E-state index contributed by atoms with van der Waals surface area (Å²) in [5.41, 5.74) is 12.3. The van der Waals surface area contributed by atoms with Gasteiger partial charge in [0.25, 0.3) is 0 Å². The summed E-state index contributed by atoms with van der Waals surface area (Å²) < 4.78 is 15.3. The maximum Gasteiger partial charge on any atom is 0.135 e. The van der Waals surface area contributed by atoms with Crippen LogP contribution in [-0.2, 0) is 32.9 Å². The molecule has 0 radical (unpaired) electrons. The Morgan fingerprint density at radius 3 is 2.11 bits per heavy atom. The van der Waals surface area contributed by atoms with E-state index in [0.717, 1.165) is 69.2 Å². The van der Waals surface area contributed by atoms with Crippen LogP contribution in [0, 0.1) is 18.8 Å². The normalized spacial score (nSPS) is 12.8. The van der Waals surface area contributed by atoms with Crippen LogP contribution in [0.2, 0.25) is 0 Å². The molecule has 0 saturated heterocycles. The summed E-state index contributed by atoms with van der Waals surface area (Å²) in [6.07, 6.45) is 2.72. The second-order valence-corrected chi connectivity index (χ2v) is 16.4. The summed E-state index contributed by atoms with van der Waals surface area (Å²) in [6, 6.07) is 62.2. The zero-order valence-corrected chi connectivity index (χ0v) is 36.3. The van der Waals surface area contributed by atoms with E-state index in [4.69, 9.17) is 14.5 Å². The number of para-hydroxylation sites is 2. The van der Waals surface area contributed by atoms with Crippen LogP contribution in [0.3, 0.4) is 0 Å². The van der Waals surface area contributed by atoms with E-state index in [1.807, 2.05) is 30.5 Å². The number of benzene rings is 7. The van der Waals surface area contributed by atoms with Crippen LogP contribution in [0.5, 0.6) is 23.0 Å². The molecule has 4 heterocycles. The first-order valence-electron chi connectivity index (χ1n) is 20.5. The molecule has 0 spiro atoms. The molecule has 0 unspecified atom stereocenters. The first-order chi connectivity index (χ1) is 29.4. The molecule has 2 aromatic heterocycles. The number of rotatable bonds is 8. The van der Waals surface area contributed by atoms with E-state index in [1.54, 1.807) is 0 Å². The Balaban J connectivity index is 0.00000445. The summed E-state index contributed by atoms with van der Waals surface area (Å²) >= 11 is 0. The van der Waals surface area contributed by atoms with Crippen LogP contribution in [0.15, 0.2) is 164 Å². The molecule has 9 aromatic rings. The van der Waals surface area contributed by atoms with E-state index >= 15 is 0 Å². The van der Waals surface area contributed by atoms with Crippen molar-refractivity contribution >= 4 is 38.9 Å². The molecule has 7 heteroatoms. The van der Waals surface area contributed by atoms with Crippen LogP contribution in [-0.4, -0.2) is 16.1 Å². The quantitative estimate of drug-likeness (QED) is 0.142. The van der Waals surface area contributed by atoms with Gasteiger partial charge in [-0.3, -0.25) is 0 Å². The van der Waals surface area contributed by atoms with Crippen molar-refractivity contribution in [1.29, 1.82) is 0 Å². The van der Waals surface area contributed by atoms with Gasteiger partial charge in [0.15, 0.2) is 0 Å². The van der Waals surface area contributed by atoms with Crippen molar-refractivity contribution in [2.45, 2.75) is 32.6 Å². The van der Waals surface area contributed by atoms with Crippen LogP contribution < -0.4 is 19.3 Å². The van der Waals surface area contributed by atoms with Gasteiger partial charge < -0.3 is 23.8 Å². The first-order valence-corrected chi connectivity index (χ1v) is 20.5. The Bertz CT molecular complexity index is 3020. The fourth-order valence-corrected chi connectivity index (χ4v) is 8.73. The number of aromatic nitrogens is 2. The van der Waals surface area contributed by atoms with E-state index in [1.165, 1.54) is 33.4 Å². The fourth-order valence-electron chi connectivity index (χ4n) is 8.73. The van der Waals surface area contributed by atoms with Crippen molar-refractivity contribution in [1.82, 2.24) is 9.55 Å². The molecule has 0 aliphatic carbocycles. The zero-order chi connectivity index (χ0) is 40.4. The predicted octanol–water partition coefficient (Wildman–Crippen LogP) is 13.6. The van der Waals surface area contributed by atoms with Crippen molar-refractivity contribution in [3.63, 3.8) is 0 Å². The number of anilines is 3. The molecule has 61 heavy (non-hydrogen) atoms. The molecule has 11 rings (SSSR count). The van der Waals surface area contributed by atoms with Crippen molar-refractivity contribution in [3.05, 3.63) is 194 Å². The Labute approximate surface area is 370 Å². The smallest absolute Gasteiger partial charge is 0.135 e. The van der Waals surface area contributed by atoms with Gasteiger partial charge in [-0.15, -0.1) is 35.7 Å². The van der Waals surface area contributed by atoms with Crippen LogP contribution in [0.25, 0.3) is 49.9 Å². The van der Waals surface area contributed by atoms with Gasteiger partial charge in [0.1, 0.15) is 11.6 Å². The molecule has 0 bridgehead atoms. The summed E-state index contributed by atoms with van der Waals surface area (Å²) in [4.78, 5) is 9.36. The largest absolute Gasteiger partial charge is 0.513 e. The third-order valence-electron chi connectivity index (χ3n) is 11.7. The van der Waals surface area contributed by atoms with E-state index in [2.05, 4.69) is 187 Å². The first kappa shape index (κ1) is 38.6. The minimum Gasteiger partial charge on any atom is -0.513 e. The molecule has 0 atom stereocenters. The molecule has 0 saturated carbocycles. The number of fused-ring (bicyclic) bond motifs is 5. The molecule has 2 aliphatic rings. The topological polar surface area (TPSA) is 42.8 Å². The third kappa shape index (κ3) is 6.85. The second-order valence-electron chi connectivity index (χ2n) is 16.4. The van der Waals surface area contributed by atoms with Gasteiger partial charge in [0.05, 0.1) is 5.69 Å². The summed E-state index contributed by atoms with van der Waals surface area (Å²) in [5, 5.41) is 2.22. The number of hydrogen-bond donors (Lipinski definition) is 0. The van der Waals surface area contributed by atoms with Gasteiger partial charge in [-0.2, -0.15) is 12.7 Å². The molecule has 302 valence electrons. The van der Waals surface area contributed by atoms with Gasteiger partial charge in [-0.1, -0.05) is 135 Å². The number of hydrogen-bond acceptors (Lipinski definition) is 5. The Kier molecular flexibility index (Phi) is 9.77. The Morgan fingerprint density at radius 2 is 1.36 bits per heavy atom. The van der Waals surface area contributed by atoms with Gasteiger partial charge in [-0.05, 0) is 87.5 Å². The molecular weight excluding hydrogens is 932 g/mol. The van der Waals surface area contributed by atoms with Gasteiger partial charge in [0, 0.05) is 55.7 Å². The number of nitrogens with zero attached hydrogens (tertiary/aromatic N) is 4. The van der Waals surface area contributed by atoms with Crippen LogP contribution in [0.4, 0.5) is 17.1 Å². The maximum absolute atomic E-state index is 6.60. The Morgan fingerprint density at radius 1 is 0.672 bits per heavy atom. The standard InChI is InChI=1S/C54H41N4O2.Pt/c1-54(2,3)38-28-30-55-52(32-38)58-46-21-11-10-18-44(46)45-26-24-39(33-48(45)58)59-40-25-27-50-49(34-40)57-35-56(47-22-13-23-51(60-50)53(47)57)31-29-43-41(36-14-6-4-7-15-36)19-12-20-42(43)37-16-8-5-9-17-37;/h4-28,30,32,35H,29,31H2,1-3H3;/q-3;. The molecule has 0 N–H and O–H groups in total. The van der Waals surface area contributed by atoms with Crippen molar-refractivity contribution < 1.29 is 30.5 Å². The average molecular weight is 973 g/mol. The SMILES string of the molecule is CC(C)(C)c1ccnc(-n2c3[c-]c(Oc4[c-]c5c(cc4)Oc4cccc6c4N5[CH-]N6CCc4c(-c5ccccc5)cccc4-c4ccccc4)ccc3c3ccccc32)c1.[Pt]. The second kappa shape index (κ2) is 15.4. The molecule has 2 aliphatic heterocycles. The average Bonchev–Trinajstić information content (AvgIpc) is 3.82. The van der Waals surface area contributed by atoms with Crippen LogP contribution >= 0.6 is 0 Å². The summed E-state index contributed by atoms with van der Waals surface area (Å²) in [7, 11) is 0.